The summed E-state index contributed by atoms with van der Waals surface area (Å²) in [5, 5.41) is 0. The van der Waals surface area contributed by atoms with Crippen LogP contribution in [0.2, 0.25) is 0 Å². The molecule has 0 aliphatic carbocycles. The summed E-state index contributed by atoms with van der Waals surface area (Å²) in [6, 6.07) is 7.61. The van der Waals surface area contributed by atoms with Crippen molar-refractivity contribution in [3.8, 4) is 5.75 Å². The van der Waals surface area contributed by atoms with Gasteiger partial charge in [-0.25, -0.2) is 8.42 Å². The van der Waals surface area contributed by atoms with Crippen LogP contribution in [0, 0.1) is 5.92 Å². The minimum atomic E-state index is -3.06. The smallest absolute Gasteiger partial charge is 0.228 e. The third-order valence-corrected chi connectivity index (χ3v) is 7.92. The van der Waals surface area contributed by atoms with Gasteiger partial charge in [0.15, 0.2) is 9.84 Å². The number of anilines is 1. The van der Waals surface area contributed by atoms with Crippen molar-refractivity contribution in [3.63, 3.8) is 0 Å². The molecule has 0 unspecified atom stereocenters. The normalized spacial score (nSPS) is 26.8. The van der Waals surface area contributed by atoms with Crippen molar-refractivity contribution in [2.45, 2.75) is 18.9 Å². The van der Waals surface area contributed by atoms with E-state index in [1.54, 1.807) is 12.0 Å². The second kappa shape index (κ2) is 7.85. The molecule has 1 aromatic carbocycles. The van der Waals surface area contributed by atoms with Gasteiger partial charge in [0.05, 0.1) is 24.5 Å². The summed E-state index contributed by atoms with van der Waals surface area (Å²) in [5.74, 6) is 0.506. The molecule has 2 amide bonds. The van der Waals surface area contributed by atoms with Gasteiger partial charge in [-0.05, 0) is 18.6 Å². The van der Waals surface area contributed by atoms with Crippen LogP contribution in [0.4, 0.5) is 5.69 Å². The fraction of sp³-hybridized carbons (Fsp3) is 0.600. The van der Waals surface area contributed by atoms with Crippen LogP contribution >= 0.6 is 0 Å². The zero-order chi connectivity index (χ0) is 20.6. The number of amides is 2. The average molecular weight is 422 g/mol. The molecule has 3 heterocycles. The third-order valence-electron chi connectivity index (χ3n) is 6.17. The Kier molecular flexibility index (Phi) is 5.42. The number of hydrogen-bond acceptors (Lipinski definition) is 6. The first kappa shape index (κ1) is 20.0. The van der Waals surface area contributed by atoms with Gasteiger partial charge in [-0.2, -0.15) is 0 Å². The number of sulfone groups is 1. The Labute approximate surface area is 171 Å². The number of carbonyl (C=O) groups is 2. The van der Waals surface area contributed by atoms with Crippen molar-refractivity contribution in [1.29, 1.82) is 0 Å². The Balaban J connectivity index is 1.33. The molecule has 0 spiro atoms. The second-order valence-corrected chi connectivity index (χ2v) is 10.2. The number of piperazine rings is 1. The van der Waals surface area contributed by atoms with E-state index in [4.69, 9.17) is 4.74 Å². The van der Waals surface area contributed by atoms with Crippen molar-refractivity contribution >= 4 is 27.3 Å². The molecule has 0 N–H and O–H groups in total. The maximum Gasteiger partial charge on any atom is 0.228 e. The van der Waals surface area contributed by atoms with Gasteiger partial charge >= 0.3 is 0 Å². The van der Waals surface area contributed by atoms with E-state index in [0.717, 1.165) is 24.5 Å². The molecule has 1 aromatic rings. The molecular weight excluding hydrogens is 394 g/mol. The summed E-state index contributed by atoms with van der Waals surface area (Å²) >= 11 is 0. The molecule has 0 saturated carbocycles. The number of hydrogen-bond donors (Lipinski definition) is 0. The average Bonchev–Trinajstić information content (AvgIpc) is 3.29. The van der Waals surface area contributed by atoms with E-state index in [1.807, 2.05) is 29.2 Å². The van der Waals surface area contributed by atoms with Gasteiger partial charge in [-0.3, -0.25) is 9.59 Å². The maximum absolute atomic E-state index is 13.0. The number of benzene rings is 1. The first-order valence-electron chi connectivity index (χ1n) is 10.0. The summed E-state index contributed by atoms with van der Waals surface area (Å²) in [6.45, 7) is 3.01. The van der Waals surface area contributed by atoms with Crippen LogP contribution < -0.4 is 9.64 Å². The van der Waals surface area contributed by atoms with Gasteiger partial charge in [0, 0.05) is 56.9 Å². The van der Waals surface area contributed by atoms with Crippen LogP contribution in [-0.2, 0) is 19.4 Å². The fourth-order valence-electron chi connectivity index (χ4n) is 4.52. The molecule has 3 saturated heterocycles. The van der Waals surface area contributed by atoms with Crippen LogP contribution in [0.15, 0.2) is 24.3 Å². The Bertz CT molecular complexity index is 895. The summed E-state index contributed by atoms with van der Waals surface area (Å²) in [4.78, 5) is 31.1. The summed E-state index contributed by atoms with van der Waals surface area (Å²) < 4.78 is 28.7. The summed E-state index contributed by atoms with van der Waals surface area (Å²) in [7, 11) is -1.41. The molecule has 9 heteroatoms. The number of nitrogens with zero attached hydrogens (tertiary/aromatic N) is 3. The summed E-state index contributed by atoms with van der Waals surface area (Å²) in [6.07, 6.45) is 0.666. The Morgan fingerprint density at radius 2 is 1.93 bits per heavy atom. The van der Waals surface area contributed by atoms with Gasteiger partial charge in [0.25, 0.3) is 0 Å². The second-order valence-electron chi connectivity index (χ2n) is 8.02. The van der Waals surface area contributed by atoms with Crippen molar-refractivity contribution in [1.82, 2.24) is 9.80 Å². The molecule has 3 fully saturated rings. The van der Waals surface area contributed by atoms with Gasteiger partial charge < -0.3 is 19.4 Å². The van der Waals surface area contributed by atoms with Crippen molar-refractivity contribution < 1.29 is 22.7 Å². The third kappa shape index (κ3) is 4.19. The van der Waals surface area contributed by atoms with Gasteiger partial charge in [-0.1, -0.05) is 6.07 Å². The van der Waals surface area contributed by atoms with Crippen LogP contribution in [-0.4, -0.2) is 87.4 Å². The minimum absolute atomic E-state index is 0.00648. The van der Waals surface area contributed by atoms with E-state index in [1.165, 1.54) is 0 Å². The maximum atomic E-state index is 13.0. The van der Waals surface area contributed by atoms with Crippen LogP contribution in [0.5, 0.6) is 5.75 Å². The number of carbonyl (C=O) groups excluding carboxylic acids is 2. The Morgan fingerprint density at radius 3 is 2.59 bits per heavy atom. The lowest BCUT2D eigenvalue weighted by molar-refractivity contribution is -0.136. The van der Waals surface area contributed by atoms with Crippen molar-refractivity contribution in [3.05, 3.63) is 24.3 Å². The molecule has 29 heavy (non-hydrogen) atoms. The van der Waals surface area contributed by atoms with Gasteiger partial charge in [-0.15, -0.1) is 0 Å². The highest BCUT2D eigenvalue weighted by molar-refractivity contribution is 7.91. The first-order chi connectivity index (χ1) is 13.9. The monoisotopic (exact) mass is 421 g/mol. The molecular formula is C20H27N3O5S. The summed E-state index contributed by atoms with van der Waals surface area (Å²) in [5.41, 5.74) is 1.07. The fourth-order valence-corrected chi connectivity index (χ4v) is 6.25. The van der Waals surface area contributed by atoms with E-state index >= 15 is 0 Å². The lowest BCUT2D eigenvalue weighted by atomic mass is 10.1. The van der Waals surface area contributed by atoms with E-state index in [-0.39, 0.29) is 41.7 Å². The highest BCUT2D eigenvalue weighted by Crippen LogP contribution is 2.28. The van der Waals surface area contributed by atoms with E-state index in [2.05, 4.69) is 4.90 Å². The van der Waals surface area contributed by atoms with Crippen LogP contribution in [0.3, 0.4) is 0 Å². The highest BCUT2D eigenvalue weighted by atomic mass is 32.2. The number of rotatable bonds is 4. The van der Waals surface area contributed by atoms with E-state index in [0.29, 0.717) is 26.1 Å². The zero-order valence-corrected chi connectivity index (χ0v) is 17.4. The molecule has 8 nitrogen and oxygen atoms in total. The predicted octanol–water partition coefficient (Wildman–Crippen LogP) is 0.379. The molecule has 2 atom stereocenters. The molecule has 0 radical (unpaired) electrons. The lowest BCUT2D eigenvalue weighted by Gasteiger charge is -2.37. The van der Waals surface area contributed by atoms with Gasteiger partial charge in [0.2, 0.25) is 11.8 Å². The largest absolute Gasteiger partial charge is 0.497 e. The zero-order valence-electron chi connectivity index (χ0n) is 16.6. The number of methoxy groups -OCH3 is 1. The SMILES string of the molecule is COc1cccc(N2CCN(C(=O)[C@@H]3CC(=O)N([C@@H]4CCS(=O)(=O)C4)C3)CC2)c1. The van der Waals surface area contributed by atoms with Gasteiger partial charge in [0.1, 0.15) is 5.75 Å². The van der Waals surface area contributed by atoms with E-state index < -0.39 is 9.84 Å². The molecule has 0 aromatic heterocycles. The quantitative estimate of drug-likeness (QED) is 0.699. The Morgan fingerprint density at radius 1 is 1.17 bits per heavy atom. The van der Waals surface area contributed by atoms with E-state index in [9.17, 15) is 18.0 Å². The molecule has 3 aliphatic heterocycles. The topological polar surface area (TPSA) is 87.2 Å². The first-order valence-corrected chi connectivity index (χ1v) is 11.9. The lowest BCUT2D eigenvalue weighted by Crippen LogP contribution is -2.50. The molecule has 3 aliphatic rings. The standard InChI is InChI=1S/C20H27N3O5S/c1-28-18-4-2-3-16(12-18)21-6-8-22(9-7-21)20(25)15-11-19(24)23(13-15)17-5-10-29(26,27)14-17/h2-4,12,15,17H,5-11,13-14H2,1H3/t15-,17-/m1/s1. The number of likely N-dealkylation sites (tertiary alicyclic amines) is 1. The van der Waals surface area contributed by atoms with Crippen molar-refractivity contribution in [2.24, 2.45) is 5.92 Å². The molecule has 4 rings (SSSR count). The Hall–Kier alpha value is -2.29. The van der Waals surface area contributed by atoms with Crippen LogP contribution in [0.1, 0.15) is 12.8 Å². The minimum Gasteiger partial charge on any atom is -0.497 e. The molecule has 158 valence electrons. The number of ether oxygens (including phenoxy) is 1. The van der Waals surface area contributed by atoms with Crippen molar-refractivity contribution in [2.75, 3.05) is 56.2 Å². The highest BCUT2D eigenvalue weighted by Gasteiger charge is 2.43. The van der Waals surface area contributed by atoms with Crippen LogP contribution in [0.25, 0.3) is 0 Å². The molecule has 0 bridgehead atoms. The predicted molar refractivity (Wildman–Crippen MR) is 109 cm³/mol.